The molecule has 0 aliphatic carbocycles. The van der Waals surface area contributed by atoms with Crippen LogP contribution in [0.1, 0.15) is 0 Å². The smallest absolute Gasteiger partial charge is 0.262 e. The maximum absolute atomic E-state index is 11.7. The van der Waals surface area contributed by atoms with Crippen molar-refractivity contribution in [3.05, 3.63) is 48.8 Å². The monoisotopic (exact) mass is 258 g/mol. The van der Waals surface area contributed by atoms with Gasteiger partial charge in [0.1, 0.15) is 11.5 Å². The van der Waals surface area contributed by atoms with E-state index >= 15 is 0 Å². The fourth-order valence-corrected chi connectivity index (χ4v) is 1.48. The second-order valence-corrected chi connectivity index (χ2v) is 3.76. The maximum Gasteiger partial charge on any atom is 0.262 e. The molecule has 0 aliphatic heterocycles. The number of hydrogen-bond donors (Lipinski definition) is 1. The summed E-state index contributed by atoms with van der Waals surface area (Å²) in [4.78, 5) is 15.6. The lowest BCUT2D eigenvalue weighted by Gasteiger charge is -2.08. The molecular formula is C14H14N2O3. The largest absolute Gasteiger partial charge is 0.497 e. The summed E-state index contributed by atoms with van der Waals surface area (Å²) >= 11 is 0. The molecule has 0 saturated carbocycles. The summed E-state index contributed by atoms with van der Waals surface area (Å²) in [5.41, 5.74) is 0.666. The van der Waals surface area contributed by atoms with Crippen LogP contribution in [0.15, 0.2) is 48.8 Å². The number of ether oxygens (including phenoxy) is 2. The molecule has 2 aromatic rings. The van der Waals surface area contributed by atoms with Crippen LogP contribution in [0, 0.1) is 0 Å². The third-order valence-electron chi connectivity index (χ3n) is 2.36. The molecule has 0 radical (unpaired) electrons. The van der Waals surface area contributed by atoms with Gasteiger partial charge in [0, 0.05) is 18.0 Å². The van der Waals surface area contributed by atoms with Crippen LogP contribution in [-0.2, 0) is 4.79 Å². The molecule has 5 heteroatoms. The van der Waals surface area contributed by atoms with Crippen LogP contribution in [0.25, 0.3) is 0 Å². The highest BCUT2D eigenvalue weighted by Crippen LogP contribution is 2.16. The van der Waals surface area contributed by atoms with Gasteiger partial charge in [-0.05, 0) is 24.3 Å². The summed E-state index contributed by atoms with van der Waals surface area (Å²) < 4.78 is 10.4. The Hall–Kier alpha value is -2.56. The van der Waals surface area contributed by atoms with Crippen molar-refractivity contribution >= 4 is 11.6 Å². The van der Waals surface area contributed by atoms with E-state index in [1.165, 1.54) is 0 Å². The number of aromatic nitrogens is 1. The van der Waals surface area contributed by atoms with Crippen LogP contribution in [0.3, 0.4) is 0 Å². The van der Waals surface area contributed by atoms with E-state index in [4.69, 9.17) is 9.47 Å². The summed E-state index contributed by atoms with van der Waals surface area (Å²) in [7, 11) is 1.58. The molecule has 0 saturated heterocycles. The maximum atomic E-state index is 11.7. The zero-order valence-corrected chi connectivity index (χ0v) is 10.5. The number of pyridine rings is 1. The topological polar surface area (TPSA) is 60.5 Å². The molecule has 2 rings (SSSR count). The number of benzene rings is 1. The summed E-state index contributed by atoms with van der Waals surface area (Å²) in [5.74, 6) is 1.01. The third kappa shape index (κ3) is 3.99. The van der Waals surface area contributed by atoms with Crippen LogP contribution in [0.4, 0.5) is 5.69 Å². The first-order chi connectivity index (χ1) is 9.28. The van der Waals surface area contributed by atoms with Crippen LogP contribution >= 0.6 is 0 Å². The number of methoxy groups -OCH3 is 1. The molecular weight excluding hydrogens is 244 g/mol. The van der Waals surface area contributed by atoms with Crippen molar-refractivity contribution in [3.63, 3.8) is 0 Å². The number of carbonyl (C=O) groups excluding carboxylic acids is 1. The predicted octanol–water partition coefficient (Wildman–Crippen LogP) is 2.11. The Kier molecular flexibility index (Phi) is 4.34. The summed E-state index contributed by atoms with van der Waals surface area (Å²) in [5, 5.41) is 2.72. The molecule has 5 nitrogen and oxygen atoms in total. The number of hydrogen-bond acceptors (Lipinski definition) is 4. The van der Waals surface area contributed by atoms with Crippen LogP contribution < -0.4 is 14.8 Å². The fraction of sp³-hybridized carbons (Fsp3) is 0.143. The second kappa shape index (κ2) is 6.39. The van der Waals surface area contributed by atoms with E-state index in [1.807, 2.05) is 6.07 Å². The highest BCUT2D eigenvalue weighted by molar-refractivity contribution is 5.92. The van der Waals surface area contributed by atoms with Gasteiger partial charge in [0.25, 0.3) is 5.91 Å². The Balaban J connectivity index is 1.87. The van der Waals surface area contributed by atoms with Gasteiger partial charge in [-0.2, -0.15) is 0 Å². The Morgan fingerprint density at radius 2 is 2.11 bits per heavy atom. The molecule has 1 amide bonds. The van der Waals surface area contributed by atoms with Gasteiger partial charge in [0.05, 0.1) is 13.3 Å². The molecule has 98 valence electrons. The summed E-state index contributed by atoms with van der Waals surface area (Å²) in [6, 6.07) is 10.6. The Morgan fingerprint density at radius 1 is 1.26 bits per heavy atom. The molecule has 0 bridgehead atoms. The quantitative estimate of drug-likeness (QED) is 0.892. The van der Waals surface area contributed by atoms with Gasteiger partial charge < -0.3 is 14.8 Å². The average Bonchev–Trinajstić information content (AvgIpc) is 2.46. The van der Waals surface area contributed by atoms with Gasteiger partial charge in [-0.25, -0.2) is 0 Å². The highest BCUT2D eigenvalue weighted by atomic mass is 16.5. The summed E-state index contributed by atoms with van der Waals surface area (Å²) in [6.07, 6.45) is 3.20. The molecule has 1 aromatic heterocycles. The first kappa shape index (κ1) is 12.9. The van der Waals surface area contributed by atoms with Crippen molar-refractivity contribution in [1.82, 2.24) is 4.98 Å². The molecule has 19 heavy (non-hydrogen) atoms. The van der Waals surface area contributed by atoms with E-state index < -0.39 is 0 Å². The number of amides is 1. The van der Waals surface area contributed by atoms with E-state index in [0.717, 1.165) is 0 Å². The standard InChI is InChI=1S/C14H14N2O3/c1-18-12-5-2-4-11(8-12)16-14(17)10-19-13-6-3-7-15-9-13/h2-9H,10H2,1H3,(H,16,17). The minimum atomic E-state index is -0.239. The van der Waals surface area contributed by atoms with Crippen molar-refractivity contribution in [1.29, 1.82) is 0 Å². The van der Waals surface area contributed by atoms with Crippen molar-refractivity contribution in [2.45, 2.75) is 0 Å². The van der Waals surface area contributed by atoms with Crippen LogP contribution in [0.5, 0.6) is 11.5 Å². The predicted molar refractivity (Wildman–Crippen MR) is 71.4 cm³/mol. The van der Waals surface area contributed by atoms with Gasteiger partial charge in [-0.15, -0.1) is 0 Å². The SMILES string of the molecule is COc1cccc(NC(=O)COc2cccnc2)c1. The zero-order chi connectivity index (χ0) is 13.5. The first-order valence-electron chi connectivity index (χ1n) is 5.74. The van der Waals surface area contributed by atoms with Crippen LogP contribution in [-0.4, -0.2) is 24.6 Å². The molecule has 1 N–H and O–H groups in total. The highest BCUT2D eigenvalue weighted by Gasteiger charge is 2.04. The molecule has 1 aromatic carbocycles. The number of nitrogens with one attached hydrogen (secondary N) is 1. The second-order valence-electron chi connectivity index (χ2n) is 3.76. The van der Waals surface area contributed by atoms with Crippen molar-refractivity contribution in [2.75, 3.05) is 19.0 Å². The van der Waals surface area contributed by atoms with Gasteiger partial charge in [-0.1, -0.05) is 6.07 Å². The first-order valence-corrected chi connectivity index (χ1v) is 5.74. The lowest BCUT2D eigenvalue weighted by molar-refractivity contribution is -0.118. The molecule has 0 atom stereocenters. The fourth-order valence-electron chi connectivity index (χ4n) is 1.48. The summed E-state index contributed by atoms with van der Waals surface area (Å²) in [6.45, 7) is -0.0666. The number of nitrogens with zero attached hydrogens (tertiary/aromatic N) is 1. The van der Waals surface area contributed by atoms with Crippen molar-refractivity contribution in [3.8, 4) is 11.5 Å². The Labute approximate surface area is 111 Å². The van der Waals surface area contributed by atoms with Gasteiger partial charge in [-0.3, -0.25) is 9.78 Å². The van der Waals surface area contributed by atoms with E-state index in [1.54, 1.807) is 49.8 Å². The third-order valence-corrected chi connectivity index (χ3v) is 2.36. The number of rotatable bonds is 5. The van der Waals surface area contributed by atoms with Gasteiger partial charge in [0.15, 0.2) is 6.61 Å². The van der Waals surface area contributed by atoms with E-state index in [9.17, 15) is 4.79 Å². The normalized spacial score (nSPS) is 9.74. The van der Waals surface area contributed by atoms with E-state index in [-0.39, 0.29) is 12.5 Å². The van der Waals surface area contributed by atoms with Gasteiger partial charge in [0.2, 0.25) is 0 Å². The molecule has 1 heterocycles. The van der Waals surface area contributed by atoms with Crippen molar-refractivity contribution < 1.29 is 14.3 Å². The van der Waals surface area contributed by atoms with Crippen LogP contribution in [0.2, 0.25) is 0 Å². The number of carbonyl (C=O) groups is 1. The molecule has 0 fully saturated rings. The van der Waals surface area contributed by atoms with E-state index in [2.05, 4.69) is 10.3 Å². The average molecular weight is 258 g/mol. The number of anilines is 1. The Morgan fingerprint density at radius 3 is 2.84 bits per heavy atom. The molecule has 0 aliphatic rings. The van der Waals surface area contributed by atoms with E-state index in [0.29, 0.717) is 17.2 Å². The molecule has 0 unspecified atom stereocenters. The molecule has 0 spiro atoms. The minimum absolute atomic E-state index is 0.0666. The minimum Gasteiger partial charge on any atom is -0.497 e. The lowest BCUT2D eigenvalue weighted by atomic mass is 10.3. The van der Waals surface area contributed by atoms with Gasteiger partial charge >= 0.3 is 0 Å². The lowest BCUT2D eigenvalue weighted by Crippen LogP contribution is -2.20. The zero-order valence-electron chi connectivity index (χ0n) is 10.5. The van der Waals surface area contributed by atoms with Crippen molar-refractivity contribution in [2.24, 2.45) is 0 Å². The Bertz CT molecular complexity index is 543.